The third-order valence-electron chi connectivity index (χ3n) is 2.07. The number of rotatable bonds is 3. The van der Waals surface area contributed by atoms with Crippen LogP contribution in [0.5, 0.6) is 0 Å². The lowest BCUT2D eigenvalue weighted by Gasteiger charge is -2.11. The molecule has 1 aromatic carbocycles. The van der Waals surface area contributed by atoms with E-state index in [1.165, 1.54) is 7.11 Å². The normalized spacial score (nSPS) is 9.87. The van der Waals surface area contributed by atoms with Gasteiger partial charge in [0.05, 0.1) is 17.8 Å². The molecule has 0 spiro atoms. The van der Waals surface area contributed by atoms with Crippen LogP contribution in [0.25, 0.3) is 0 Å². The second-order valence-corrected chi connectivity index (χ2v) is 3.78. The van der Waals surface area contributed by atoms with Gasteiger partial charge >= 0.3 is 5.97 Å². The topological polar surface area (TPSA) is 38.3 Å². The van der Waals surface area contributed by atoms with Crippen molar-refractivity contribution in [3.05, 3.63) is 28.3 Å². The van der Waals surface area contributed by atoms with Gasteiger partial charge in [-0.2, -0.15) is 0 Å². The van der Waals surface area contributed by atoms with Gasteiger partial charge in [0.15, 0.2) is 0 Å². The van der Waals surface area contributed by atoms with Crippen molar-refractivity contribution in [2.24, 2.45) is 0 Å². The maximum atomic E-state index is 10.9. The summed E-state index contributed by atoms with van der Waals surface area (Å²) in [5.74, 6) is -0.314. The minimum absolute atomic E-state index is 0.125. The zero-order valence-electron chi connectivity index (χ0n) is 9.06. The molecule has 0 aromatic heterocycles. The molecule has 0 saturated carbocycles. The molecule has 0 amide bonds. The van der Waals surface area contributed by atoms with Crippen LogP contribution in [0.3, 0.4) is 0 Å². The summed E-state index contributed by atoms with van der Waals surface area (Å²) >= 11 is 6.05. The molecule has 0 unspecified atom stereocenters. The largest absolute Gasteiger partial charge is 0.468 e. The number of halogens is 1. The molecular formula is C11H14ClNO2. The highest BCUT2D eigenvalue weighted by Gasteiger charge is 2.06. The van der Waals surface area contributed by atoms with E-state index in [4.69, 9.17) is 11.6 Å². The van der Waals surface area contributed by atoms with Crippen LogP contribution in [0.4, 0.5) is 5.69 Å². The van der Waals surface area contributed by atoms with Crippen LogP contribution in [0.1, 0.15) is 11.1 Å². The molecule has 1 N–H and O–H groups in total. The molecule has 0 aliphatic rings. The Morgan fingerprint density at radius 1 is 1.47 bits per heavy atom. The second-order valence-electron chi connectivity index (χ2n) is 3.37. The van der Waals surface area contributed by atoms with Crippen molar-refractivity contribution < 1.29 is 9.53 Å². The molecule has 0 fully saturated rings. The summed E-state index contributed by atoms with van der Waals surface area (Å²) in [6.45, 7) is 4.04. The lowest BCUT2D eigenvalue weighted by molar-refractivity contribution is -0.138. The number of methoxy groups -OCH3 is 1. The van der Waals surface area contributed by atoms with Crippen molar-refractivity contribution in [2.45, 2.75) is 13.8 Å². The number of aryl methyl sites for hydroxylation is 2. The van der Waals surface area contributed by atoms with Crippen molar-refractivity contribution in [3.63, 3.8) is 0 Å². The first kappa shape index (κ1) is 11.9. The highest BCUT2D eigenvalue weighted by Crippen LogP contribution is 2.26. The van der Waals surface area contributed by atoms with Gasteiger partial charge in [0.2, 0.25) is 0 Å². The predicted octanol–water partition coefficient (Wildman–Crippen LogP) is 2.54. The van der Waals surface area contributed by atoms with E-state index < -0.39 is 0 Å². The summed E-state index contributed by atoms with van der Waals surface area (Å²) in [6.07, 6.45) is 0. The van der Waals surface area contributed by atoms with Crippen LogP contribution in [0.2, 0.25) is 5.02 Å². The molecule has 4 heteroatoms. The van der Waals surface area contributed by atoms with Gasteiger partial charge in [-0.05, 0) is 31.0 Å². The van der Waals surface area contributed by atoms with Crippen molar-refractivity contribution in [1.82, 2.24) is 0 Å². The summed E-state index contributed by atoms with van der Waals surface area (Å²) < 4.78 is 4.53. The molecule has 0 radical (unpaired) electrons. The van der Waals surface area contributed by atoms with Gasteiger partial charge in [0, 0.05) is 0 Å². The Balaban J connectivity index is 2.81. The molecule has 0 aliphatic carbocycles. The Morgan fingerprint density at radius 3 is 2.67 bits per heavy atom. The van der Waals surface area contributed by atoms with Gasteiger partial charge in [-0.25, -0.2) is 0 Å². The van der Waals surface area contributed by atoms with Crippen LogP contribution in [0.15, 0.2) is 12.1 Å². The molecule has 1 aromatic rings. The zero-order valence-corrected chi connectivity index (χ0v) is 9.81. The Kier molecular flexibility index (Phi) is 3.97. The fraction of sp³-hybridized carbons (Fsp3) is 0.364. The quantitative estimate of drug-likeness (QED) is 0.807. The van der Waals surface area contributed by atoms with Crippen LogP contribution in [-0.2, 0) is 9.53 Å². The Morgan fingerprint density at radius 2 is 2.13 bits per heavy atom. The van der Waals surface area contributed by atoms with E-state index >= 15 is 0 Å². The predicted molar refractivity (Wildman–Crippen MR) is 61.4 cm³/mol. The molecule has 0 bridgehead atoms. The fourth-order valence-corrected chi connectivity index (χ4v) is 1.76. The van der Waals surface area contributed by atoms with E-state index in [1.54, 1.807) is 0 Å². The molecular weight excluding hydrogens is 214 g/mol. The van der Waals surface area contributed by atoms with E-state index in [9.17, 15) is 4.79 Å². The first-order valence-electron chi connectivity index (χ1n) is 4.62. The number of carbonyl (C=O) groups is 1. The highest BCUT2D eigenvalue weighted by atomic mass is 35.5. The summed E-state index contributed by atoms with van der Waals surface area (Å²) in [4.78, 5) is 10.9. The molecule has 82 valence electrons. The molecule has 0 heterocycles. The van der Waals surface area contributed by atoms with Crippen LogP contribution in [-0.4, -0.2) is 19.6 Å². The van der Waals surface area contributed by atoms with Gasteiger partial charge in [-0.1, -0.05) is 17.7 Å². The Labute approximate surface area is 94.4 Å². The SMILES string of the molecule is COC(=O)CNc1c(C)cc(C)cc1Cl. The third kappa shape index (κ3) is 3.13. The molecule has 3 nitrogen and oxygen atoms in total. The lowest BCUT2D eigenvalue weighted by Crippen LogP contribution is -2.15. The summed E-state index contributed by atoms with van der Waals surface area (Å²) in [6, 6.07) is 3.86. The first-order valence-corrected chi connectivity index (χ1v) is 5.00. The molecule has 0 aliphatic heterocycles. The molecule has 0 saturated heterocycles. The smallest absolute Gasteiger partial charge is 0.325 e. The third-order valence-corrected chi connectivity index (χ3v) is 2.37. The number of carbonyl (C=O) groups excluding carboxylic acids is 1. The van der Waals surface area contributed by atoms with E-state index in [0.29, 0.717) is 5.02 Å². The van der Waals surface area contributed by atoms with Gasteiger partial charge < -0.3 is 10.1 Å². The van der Waals surface area contributed by atoms with Crippen molar-refractivity contribution in [3.8, 4) is 0 Å². The number of benzene rings is 1. The Bertz CT molecular complexity index is 354. The van der Waals surface area contributed by atoms with Crippen molar-refractivity contribution in [2.75, 3.05) is 19.0 Å². The van der Waals surface area contributed by atoms with Crippen LogP contribution >= 0.6 is 11.6 Å². The number of ether oxygens (including phenoxy) is 1. The maximum Gasteiger partial charge on any atom is 0.325 e. The second kappa shape index (κ2) is 5.03. The highest BCUT2D eigenvalue weighted by molar-refractivity contribution is 6.33. The number of esters is 1. The summed E-state index contributed by atoms with van der Waals surface area (Å²) in [5, 5.41) is 3.57. The Hall–Kier alpha value is -1.22. The minimum Gasteiger partial charge on any atom is -0.468 e. The van der Waals surface area contributed by atoms with Crippen molar-refractivity contribution in [1.29, 1.82) is 0 Å². The average molecular weight is 228 g/mol. The number of hydrogen-bond acceptors (Lipinski definition) is 3. The minimum atomic E-state index is -0.314. The maximum absolute atomic E-state index is 10.9. The van der Waals surface area contributed by atoms with E-state index in [1.807, 2.05) is 26.0 Å². The van der Waals surface area contributed by atoms with Crippen LogP contribution < -0.4 is 5.32 Å². The summed E-state index contributed by atoms with van der Waals surface area (Å²) in [7, 11) is 1.35. The van der Waals surface area contributed by atoms with Gasteiger partial charge in [-0.3, -0.25) is 4.79 Å². The molecule has 15 heavy (non-hydrogen) atoms. The average Bonchev–Trinajstić information content (AvgIpc) is 2.15. The van der Waals surface area contributed by atoms with E-state index in [-0.39, 0.29) is 12.5 Å². The van der Waals surface area contributed by atoms with E-state index in [0.717, 1.165) is 16.8 Å². The monoisotopic (exact) mass is 227 g/mol. The fourth-order valence-electron chi connectivity index (χ4n) is 1.37. The lowest BCUT2D eigenvalue weighted by atomic mass is 10.1. The number of hydrogen-bond donors (Lipinski definition) is 1. The van der Waals surface area contributed by atoms with Gasteiger partial charge in [0.25, 0.3) is 0 Å². The van der Waals surface area contributed by atoms with E-state index in [2.05, 4.69) is 10.1 Å². The number of anilines is 1. The number of nitrogens with one attached hydrogen (secondary N) is 1. The van der Waals surface area contributed by atoms with Crippen LogP contribution in [0, 0.1) is 13.8 Å². The van der Waals surface area contributed by atoms with Gasteiger partial charge in [0.1, 0.15) is 6.54 Å². The zero-order chi connectivity index (χ0) is 11.4. The first-order chi connectivity index (χ1) is 7.04. The summed E-state index contributed by atoms with van der Waals surface area (Å²) in [5.41, 5.74) is 2.90. The molecule has 1 rings (SSSR count). The van der Waals surface area contributed by atoms with Crippen molar-refractivity contribution >= 4 is 23.3 Å². The van der Waals surface area contributed by atoms with Gasteiger partial charge in [-0.15, -0.1) is 0 Å². The standard InChI is InChI=1S/C11H14ClNO2/c1-7-4-8(2)11(9(12)5-7)13-6-10(14)15-3/h4-5,13H,6H2,1-3H3. The molecule has 0 atom stereocenters.